The second-order valence-corrected chi connectivity index (χ2v) is 26.6. The number of hydrogen-bond acceptors (Lipinski definition) is 7. The third-order valence-electron chi connectivity index (χ3n) is 11.4. The lowest BCUT2D eigenvalue weighted by atomic mass is 9.79. The molecule has 0 radical (unpaired) electrons. The van der Waals surface area contributed by atoms with E-state index in [1.54, 1.807) is 0 Å². The average Bonchev–Trinajstić information content (AvgIpc) is 2.86. The summed E-state index contributed by atoms with van der Waals surface area (Å²) in [4.78, 5) is 12.4. The van der Waals surface area contributed by atoms with Crippen LogP contribution in [-0.2, 0) is 32.6 Å². The molecule has 0 aromatic rings. The van der Waals surface area contributed by atoms with Crippen molar-refractivity contribution >= 4 is 22.6 Å². The molecule has 7 nitrogen and oxygen atoms in total. The molecule has 256 valence electrons. The van der Waals surface area contributed by atoms with Gasteiger partial charge in [-0.2, -0.15) is 0 Å². The largest absolute Gasteiger partial charge is 0.459 e. The molecular formula is C35H66O7Si2. The molecule has 0 aliphatic carbocycles. The lowest BCUT2D eigenvalue weighted by Gasteiger charge is -2.53. The summed E-state index contributed by atoms with van der Waals surface area (Å²) in [5, 5.41) is 0.149. The number of carbonyl (C=O) groups is 1. The normalized spacial score (nSPS) is 35.7. The predicted molar refractivity (Wildman–Crippen MR) is 183 cm³/mol. The number of carbonyl (C=O) groups excluding carboxylic acids is 1. The lowest BCUT2D eigenvalue weighted by Crippen LogP contribution is -2.63. The Balaban J connectivity index is 1.90. The lowest BCUT2D eigenvalue weighted by molar-refractivity contribution is -0.272. The van der Waals surface area contributed by atoms with E-state index in [4.69, 9.17) is 27.8 Å². The summed E-state index contributed by atoms with van der Waals surface area (Å²) in [5.41, 5.74) is 1.11. The molecular weight excluding hydrogens is 589 g/mol. The van der Waals surface area contributed by atoms with E-state index in [2.05, 4.69) is 95.1 Å². The van der Waals surface area contributed by atoms with E-state index >= 15 is 0 Å². The van der Waals surface area contributed by atoms with Crippen molar-refractivity contribution in [2.24, 2.45) is 11.8 Å². The highest BCUT2D eigenvalue weighted by atomic mass is 28.4. The molecule has 9 heteroatoms. The van der Waals surface area contributed by atoms with Gasteiger partial charge in [0.2, 0.25) is 0 Å². The van der Waals surface area contributed by atoms with Gasteiger partial charge in [0.25, 0.3) is 0 Å². The number of esters is 1. The van der Waals surface area contributed by atoms with Crippen molar-refractivity contribution in [1.82, 2.24) is 0 Å². The molecule has 44 heavy (non-hydrogen) atoms. The van der Waals surface area contributed by atoms with Crippen molar-refractivity contribution in [3.63, 3.8) is 0 Å². The van der Waals surface area contributed by atoms with Crippen LogP contribution in [0.25, 0.3) is 0 Å². The molecule has 3 fully saturated rings. The number of ether oxygens (including phenoxy) is 4. The topological polar surface area (TPSA) is 72.5 Å². The maximum absolute atomic E-state index is 12.4. The summed E-state index contributed by atoms with van der Waals surface area (Å²) >= 11 is 0. The maximum atomic E-state index is 12.4. The quantitative estimate of drug-likeness (QED) is 0.133. The van der Waals surface area contributed by atoms with E-state index in [1.807, 2.05) is 0 Å². The van der Waals surface area contributed by atoms with Gasteiger partial charge in [0.1, 0.15) is 12.2 Å². The monoisotopic (exact) mass is 654 g/mol. The van der Waals surface area contributed by atoms with Crippen molar-refractivity contribution in [3.05, 3.63) is 12.2 Å². The van der Waals surface area contributed by atoms with Crippen LogP contribution in [-0.4, -0.2) is 78.0 Å². The van der Waals surface area contributed by atoms with Gasteiger partial charge in [-0.25, -0.2) is 0 Å². The Morgan fingerprint density at radius 1 is 0.932 bits per heavy atom. The van der Waals surface area contributed by atoms with Crippen LogP contribution in [0.15, 0.2) is 12.2 Å². The molecule has 0 spiro atoms. The van der Waals surface area contributed by atoms with Crippen LogP contribution in [0, 0.1) is 11.8 Å². The van der Waals surface area contributed by atoms with E-state index in [9.17, 15) is 4.79 Å². The van der Waals surface area contributed by atoms with Crippen LogP contribution < -0.4 is 0 Å². The Morgan fingerprint density at radius 2 is 1.55 bits per heavy atom. The van der Waals surface area contributed by atoms with Gasteiger partial charge in [-0.1, -0.05) is 75.3 Å². The molecule has 3 aliphatic heterocycles. The van der Waals surface area contributed by atoms with Gasteiger partial charge in [-0.3, -0.25) is 4.79 Å². The maximum Gasteiger partial charge on any atom is 0.303 e. The van der Waals surface area contributed by atoms with Crippen LogP contribution in [0.4, 0.5) is 0 Å². The second kappa shape index (κ2) is 14.3. The van der Waals surface area contributed by atoms with Crippen LogP contribution in [0.1, 0.15) is 101 Å². The summed E-state index contributed by atoms with van der Waals surface area (Å²) in [6.45, 7) is 35.7. The Morgan fingerprint density at radius 3 is 2.09 bits per heavy atom. The summed E-state index contributed by atoms with van der Waals surface area (Å²) < 4.78 is 40.3. The van der Waals surface area contributed by atoms with Crippen LogP contribution in [0.3, 0.4) is 0 Å². The van der Waals surface area contributed by atoms with Crippen molar-refractivity contribution in [3.8, 4) is 0 Å². The minimum Gasteiger partial charge on any atom is -0.459 e. The van der Waals surface area contributed by atoms with E-state index in [0.717, 1.165) is 31.3 Å². The molecule has 3 saturated heterocycles. The Hall–Kier alpha value is -0.556. The molecule has 0 amide bonds. The van der Waals surface area contributed by atoms with Gasteiger partial charge >= 0.3 is 5.97 Å². The molecule has 10 atom stereocenters. The minimum atomic E-state index is -2.12. The minimum absolute atomic E-state index is 0.0583. The van der Waals surface area contributed by atoms with Crippen molar-refractivity contribution < 1.29 is 32.6 Å². The van der Waals surface area contributed by atoms with Crippen LogP contribution >= 0.6 is 0 Å². The fraction of sp³-hybridized carbons (Fsp3) is 0.914. The third-order valence-corrected chi connectivity index (χ3v) is 20.4. The third kappa shape index (κ3) is 8.87. The van der Waals surface area contributed by atoms with Crippen LogP contribution in [0.5, 0.6) is 0 Å². The fourth-order valence-electron chi connectivity index (χ4n) is 6.38. The Bertz CT molecular complexity index is 985. The zero-order chi connectivity index (χ0) is 33.4. The molecule has 0 aromatic carbocycles. The van der Waals surface area contributed by atoms with Gasteiger partial charge in [0.15, 0.2) is 16.6 Å². The first kappa shape index (κ1) is 37.9. The van der Waals surface area contributed by atoms with Gasteiger partial charge in [0.05, 0.1) is 43.2 Å². The standard InChI is InChI=1S/C35H66O7Si2/c1-16-17-26-18-22(2)23(3)27(39-26)19-29-32(38-25(5)36)24(4)33-30(40-29)20-28(42-44(14,15)35(9,10)11)31(41-33)21-37-43(12,13)34(6,7)8/h22,24,26-33H,3,16-21H2,1-2,4-15H3/t22-,24-,26+,27-,28-,29+,30+,31-,32-,33+/m1/s1. The van der Waals surface area contributed by atoms with E-state index in [0.29, 0.717) is 18.9 Å². The first-order valence-electron chi connectivity index (χ1n) is 17.2. The highest BCUT2D eigenvalue weighted by Crippen LogP contribution is 2.45. The molecule has 0 unspecified atom stereocenters. The van der Waals surface area contributed by atoms with Gasteiger partial charge in [-0.05, 0) is 60.6 Å². The molecule has 3 aliphatic rings. The zero-order valence-electron chi connectivity index (χ0n) is 30.6. The van der Waals surface area contributed by atoms with Crippen molar-refractivity contribution in [2.45, 2.75) is 186 Å². The first-order chi connectivity index (χ1) is 20.1. The SMILES string of the molecule is C=C1[C@H](C)C[C@H](CCC)O[C@@H]1C[C@@H]1O[C@H]2C[C@@H](O[Si](C)(C)C(C)(C)C)[C@@H](CO[Si](C)(C)C(C)(C)C)O[C@H]2[C@H](C)[C@H]1OC(C)=O. The van der Waals surface area contributed by atoms with E-state index < -0.39 is 22.7 Å². The molecule has 0 N–H and O–H groups in total. The van der Waals surface area contributed by atoms with Crippen molar-refractivity contribution in [1.29, 1.82) is 0 Å². The highest BCUT2D eigenvalue weighted by Gasteiger charge is 2.54. The van der Waals surface area contributed by atoms with E-state index in [1.165, 1.54) is 6.92 Å². The zero-order valence-corrected chi connectivity index (χ0v) is 32.6. The summed E-state index contributed by atoms with van der Waals surface area (Å²) in [6, 6.07) is 0. The Kier molecular flexibility index (Phi) is 12.3. The smallest absolute Gasteiger partial charge is 0.303 e. The van der Waals surface area contributed by atoms with Gasteiger partial charge < -0.3 is 27.8 Å². The van der Waals surface area contributed by atoms with Gasteiger partial charge in [0, 0.05) is 25.7 Å². The number of fused-ring (bicyclic) bond motifs is 1. The first-order valence-corrected chi connectivity index (χ1v) is 23.0. The van der Waals surface area contributed by atoms with Gasteiger partial charge in [-0.15, -0.1) is 0 Å². The molecule has 0 saturated carbocycles. The number of hydrogen-bond donors (Lipinski definition) is 0. The van der Waals surface area contributed by atoms with E-state index in [-0.39, 0.29) is 64.7 Å². The molecule has 0 bridgehead atoms. The van der Waals surface area contributed by atoms with Crippen molar-refractivity contribution in [2.75, 3.05) is 6.61 Å². The number of rotatable bonds is 10. The summed E-state index contributed by atoms with van der Waals surface area (Å²) in [5.74, 6) is 0.0168. The molecule has 0 aromatic heterocycles. The fourth-order valence-corrected chi connectivity index (χ4v) is 8.75. The van der Waals surface area contributed by atoms with Crippen LogP contribution in [0.2, 0.25) is 36.3 Å². The second-order valence-electron chi connectivity index (χ2n) is 17.0. The molecule has 3 rings (SSSR count). The Labute approximate surface area is 271 Å². The summed E-state index contributed by atoms with van der Waals surface area (Å²) in [7, 11) is -4.14. The summed E-state index contributed by atoms with van der Waals surface area (Å²) in [6.07, 6.45) is 3.00. The predicted octanol–water partition coefficient (Wildman–Crippen LogP) is 8.43. The highest BCUT2D eigenvalue weighted by molar-refractivity contribution is 6.74. The average molecular weight is 655 g/mol. The molecule has 3 heterocycles.